The van der Waals surface area contributed by atoms with Gasteiger partial charge in [-0.3, -0.25) is 10.1 Å². The number of nitrogen functional groups attached to an aromatic ring is 1. The van der Waals surface area contributed by atoms with Crippen molar-refractivity contribution in [1.29, 1.82) is 0 Å². The Bertz CT molecular complexity index is 849. The van der Waals surface area contributed by atoms with Crippen LogP contribution in [-0.2, 0) is 0 Å². The van der Waals surface area contributed by atoms with Crippen molar-refractivity contribution in [2.45, 2.75) is 0 Å². The predicted molar refractivity (Wildman–Crippen MR) is 86.1 cm³/mol. The number of rotatable bonds is 2. The molecule has 0 bridgehead atoms. The highest BCUT2D eigenvalue weighted by Crippen LogP contribution is 2.28. The summed E-state index contributed by atoms with van der Waals surface area (Å²) in [7, 11) is 0. The molecule has 0 fully saturated rings. The second-order valence-corrected chi connectivity index (χ2v) is 6.27. The van der Waals surface area contributed by atoms with Gasteiger partial charge < -0.3 is 5.73 Å². The molecule has 0 unspecified atom stereocenters. The summed E-state index contributed by atoms with van der Waals surface area (Å²) in [6, 6.07) is 9.56. The molecule has 1 amide bonds. The molecule has 4 nitrogen and oxygen atoms in total. The number of amides is 1. The van der Waals surface area contributed by atoms with Crippen molar-refractivity contribution in [1.82, 2.24) is 4.98 Å². The lowest BCUT2D eigenvalue weighted by Crippen LogP contribution is -2.13. The Morgan fingerprint density at radius 1 is 1.29 bits per heavy atom. The Balaban J connectivity index is 1.89. The molecule has 3 rings (SSSR count). The van der Waals surface area contributed by atoms with Crippen LogP contribution in [0.15, 0.2) is 40.9 Å². The quantitative estimate of drug-likeness (QED) is 0.673. The maximum atomic E-state index is 13.7. The minimum absolute atomic E-state index is 0.0306. The van der Waals surface area contributed by atoms with E-state index >= 15 is 0 Å². The van der Waals surface area contributed by atoms with Crippen molar-refractivity contribution < 1.29 is 9.18 Å². The van der Waals surface area contributed by atoms with Crippen LogP contribution in [-0.4, -0.2) is 10.9 Å². The van der Waals surface area contributed by atoms with E-state index < -0.39 is 11.7 Å². The van der Waals surface area contributed by atoms with Gasteiger partial charge in [-0.1, -0.05) is 27.3 Å². The second-order valence-electron chi connectivity index (χ2n) is 4.32. The Hall–Kier alpha value is -1.99. The molecule has 106 valence electrons. The average molecular weight is 366 g/mol. The molecule has 7 heteroatoms. The summed E-state index contributed by atoms with van der Waals surface area (Å²) in [6.45, 7) is 0. The van der Waals surface area contributed by atoms with E-state index in [2.05, 4.69) is 26.2 Å². The zero-order valence-electron chi connectivity index (χ0n) is 10.6. The first-order valence-electron chi connectivity index (χ1n) is 5.95. The number of halogens is 2. The van der Waals surface area contributed by atoms with E-state index in [1.165, 1.54) is 23.5 Å². The number of aromatic nitrogens is 1. The summed E-state index contributed by atoms with van der Waals surface area (Å²) >= 11 is 4.44. The van der Waals surface area contributed by atoms with Crippen molar-refractivity contribution in [2.75, 3.05) is 11.1 Å². The Morgan fingerprint density at radius 2 is 2.10 bits per heavy atom. The molecule has 0 aliphatic heterocycles. The van der Waals surface area contributed by atoms with E-state index in [-0.39, 0.29) is 5.56 Å². The summed E-state index contributed by atoms with van der Waals surface area (Å²) < 4.78 is 15.2. The van der Waals surface area contributed by atoms with Crippen LogP contribution < -0.4 is 11.1 Å². The number of nitrogens with two attached hydrogens (primary N) is 1. The molecule has 21 heavy (non-hydrogen) atoms. The van der Waals surface area contributed by atoms with Gasteiger partial charge in [0, 0.05) is 10.2 Å². The van der Waals surface area contributed by atoms with Crippen molar-refractivity contribution >= 4 is 54.2 Å². The van der Waals surface area contributed by atoms with E-state index in [0.717, 1.165) is 10.2 Å². The van der Waals surface area contributed by atoms with Crippen LogP contribution in [0.2, 0.25) is 0 Å². The molecule has 0 aliphatic rings. The monoisotopic (exact) mass is 365 g/mol. The van der Waals surface area contributed by atoms with Crippen LogP contribution in [0.4, 0.5) is 15.2 Å². The van der Waals surface area contributed by atoms with E-state index in [9.17, 15) is 9.18 Å². The number of hydrogen-bond acceptors (Lipinski definition) is 4. The highest BCUT2D eigenvalue weighted by atomic mass is 79.9. The van der Waals surface area contributed by atoms with Crippen molar-refractivity contribution in [3.63, 3.8) is 0 Å². The minimum Gasteiger partial charge on any atom is -0.399 e. The fourth-order valence-corrected chi connectivity index (χ4v) is 3.08. The van der Waals surface area contributed by atoms with Gasteiger partial charge in [-0.05, 0) is 36.4 Å². The molecule has 1 heterocycles. The SMILES string of the molecule is Nc1ccc2nc(NC(=O)c3ccc(Br)cc3F)sc2c1. The molecule has 3 aromatic rings. The van der Waals surface area contributed by atoms with Gasteiger partial charge in [0.05, 0.1) is 15.8 Å². The highest BCUT2D eigenvalue weighted by molar-refractivity contribution is 9.10. The number of benzene rings is 2. The third-order valence-corrected chi connectivity index (χ3v) is 4.24. The lowest BCUT2D eigenvalue weighted by atomic mass is 10.2. The lowest BCUT2D eigenvalue weighted by Gasteiger charge is -2.03. The van der Waals surface area contributed by atoms with Crippen LogP contribution in [0, 0.1) is 5.82 Å². The van der Waals surface area contributed by atoms with Gasteiger partial charge in [0.2, 0.25) is 0 Å². The zero-order chi connectivity index (χ0) is 15.0. The molecule has 0 saturated heterocycles. The first kappa shape index (κ1) is 14.0. The van der Waals surface area contributed by atoms with Crippen LogP contribution in [0.3, 0.4) is 0 Å². The fourth-order valence-electron chi connectivity index (χ4n) is 1.83. The van der Waals surface area contributed by atoms with Gasteiger partial charge in [0.15, 0.2) is 5.13 Å². The third-order valence-electron chi connectivity index (χ3n) is 2.81. The van der Waals surface area contributed by atoms with Gasteiger partial charge in [-0.2, -0.15) is 0 Å². The third kappa shape index (κ3) is 2.88. The van der Waals surface area contributed by atoms with Gasteiger partial charge in [0.25, 0.3) is 5.91 Å². The topological polar surface area (TPSA) is 68.0 Å². The van der Waals surface area contributed by atoms with Crippen molar-refractivity contribution in [3.8, 4) is 0 Å². The first-order valence-corrected chi connectivity index (χ1v) is 7.56. The van der Waals surface area contributed by atoms with Gasteiger partial charge in [0.1, 0.15) is 5.82 Å². The number of nitrogens with zero attached hydrogens (tertiary/aromatic N) is 1. The van der Waals surface area contributed by atoms with Crippen LogP contribution in [0.5, 0.6) is 0 Å². The molecule has 0 saturated carbocycles. The molecule has 2 aromatic carbocycles. The van der Waals surface area contributed by atoms with Crippen molar-refractivity contribution in [2.24, 2.45) is 0 Å². The average Bonchev–Trinajstić information content (AvgIpc) is 2.79. The molecule has 0 radical (unpaired) electrons. The molecular weight excluding hydrogens is 357 g/mol. The summed E-state index contributed by atoms with van der Waals surface area (Å²) in [6.07, 6.45) is 0. The Morgan fingerprint density at radius 3 is 2.86 bits per heavy atom. The molecule has 1 aromatic heterocycles. The predicted octanol–water partition coefficient (Wildman–Crippen LogP) is 4.03. The summed E-state index contributed by atoms with van der Waals surface area (Å²) in [5.41, 5.74) is 7.03. The van der Waals surface area contributed by atoms with Crippen molar-refractivity contribution in [3.05, 3.63) is 52.3 Å². The summed E-state index contributed by atoms with van der Waals surface area (Å²) in [5.74, 6) is -1.13. The number of hydrogen-bond donors (Lipinski definition) is 2. The molecule has 0 aliphatic carbocycles. The van der Waals surface area contributed by atoms with Gasteiger partial charge >= 0.3 is 0 Å². The molecular formula is C14H9BrFN3OS. The molecule has 0 spiro atoms. The Labute approximate surface area is 131 Å². The normalized spacial score (nSPS) is 10.8. The first-order chi connectivity index (χ1) is 10.0. The van der Waals surface area contributed by atoms with E-state index in [1.807, 2.05) is 0 Å². The molecule has 3 N–H and O–H groups in total. The zero-order valence-corrected chi connectivity index (χ0v) is 13.0. The number of carbonyl (C=O) groups excluding carboxylic acids is 1. The number of carbonyl (C=O) groups is 1. The minimum atomic E-state index is -0.591. The smallest absolute Gasteiger partial charge is 0.260 e. The Kier molecular flexibility index (Phi) is 3.60. The largest absolute Gasteiger partial charge is 0.399 e. The fraction of sp³-hybridized carbons (Fsp3) is 0. The molecule has 0 atom stereocenters. The number of anilines is 2. The van der Waals surface area contributed by atoms with E-state index in [1.54, 1.807) is 24.3 Å². The standard InChI is InChI=1S/C14H9BrFN3OS/c15-7-1-3-9(10(16)5-7)13(20)19-14-18-11-4-2-8(17)6-12(11)21-14/h1-6H,17H2,(H,18,19,20). The maximum absolute atomic E-state index is 13.7. The number of nitrogens with one attached hydrogen (secondary N) is 1. The number of fused-ring (bicyclic) bond motifs is 1. The van der Waals surface area contributed by atoms with Crippen LogP contribution in [0.1, 0.15) is 10.4 Å². The van der Waals surface area contributed by atoms with Gasteiger partial charge in [-0.25, -0.2) is 9.37 Å². The lowest BCUT2D eigenvalue weighted by molar-refractivity contribution is 0.102. The van der Waals surface area contributed by atoms with Crippen LogP contribution in [0.25, 0.3) is 10.2 Å². The second kappa shape index (κ2) is 5.42. The summed E-state index contributed by atoms with van der Waals surface area (Å²) in [5, 5.41) is 3.01. The summed E-state index contributed by atoms with van der Waals surface area (Å²) in [4.78, 5) is 16.3. The number of thiazole rings is 1. The van der Waals surface area contributed by atoms with Crippen LogP contribution >= 0.6 is 27.3 Å². The maximum Gasteiger partial charge on any atom is 0.260 e. The van der Waals surface area contributed by atoms with E-state index in [4.69, 9.17) is 5.73 Å². The highest BCUT2D eigenvalue weighted by Gasteiger charge is 2.14. The van der Waals surface area contributed by atoms with Gasteiger partial charge in [-0.15, -0.1) is 0 Å². The van der Waals surface area contributed by atoms with E-state index in [0.29, 0.717) is 15.3 Å².